The molecular weight excluding hydrogens is 396 g/mol. The van der Waals surface area contributed by atoms with Gasteiger partial charge in [-0.15, -0.1) is 22.0 Å². The van der Waals surface area contributed by atoms with Gasteiger partial charge in [-0.3, -0.25) is 4.79 Å². The fraction of sp³-hybridized carbons (Fsp3) is 0.348. The molecule has 1 aromatic heterocycles. The van der Waals surface area contributed by atoms with Crippen molar-refractivity contribution < 1.29 is 9.53 Å². The zero-order valence-electron chi connectivity index (χ0n) is 17.1. The lowest BCUT2D eigenvalue weighted by atomic mass is 10.2. The second-order valence-corrected chi connectivity index (χ2v) is 8.27. The second-order valence-electron chi connectivity index (χ2n) is 7.22. The lowest BCUT2D eigenvalue weighted by Gasteiger charge is -2.09. The largest absolute Gasteiger partial charge is 0.494 e. The predicted octanol–water partition coefficient (Wildman–Crippen LogP) is 4.80. The molecule has 156 valence electrons. The molecule has 2 aromatic carbocycles. The van der Waals surface area contributed by atoms with E-state index >= 15 is 0 Å². The summed E-state index contributed by atoms with van der Waals surface area (Å²) in [4.78, 5) is 13.4. The monoisotopic (exact) mass is 422 g/mol. The van der Waals surface area contributed by atoms with E-state index in [1.807, 2.05) is 55.5 Å². The Kier molecular flexibility index (Phi) is 6.69. The number of carbonyl (C=O) groups is 1. The average Bonchev–Trinajstić information content (AvgIpc) is 3.02. The molecule has 0 radical (unpaired) electrons. The van der Waals surface area contributed by atoms with Crippen LogP contribution in [0.3, 0.4) is 0 Å². The molecule has 1 aliphatic heterocycles. The van der Waals surface area contributed by atoms with E-state index in [0.717, 1.165) is 52.9 Å². The molecule has 0 fully saturated rings. The number of hydrogen-bond donors (Lipinski definition) is 1. The van der Waals surface area contributed by atoms with E-state index in [9.17, 15) is 4.79 Å². The summed E-state index contributed by atoms with van der Waals surface area (Å²) >= 11 is 1.50. The predicted molar refractivity (Wildman–Crippen MR) is 120 cm³/mol. The van der Waals surface area contributed by atoms with Crippen LogP contribution in [0.5, 0.6) is 5.75 Å². The Balaban J connectivity index is 1.33. The lowest BCUT2D eigenvalue weighted by Crippen LogP contribution is -2.13. The number of amides is 1. The third kappa shape index (κ3) is 5.02. The molecule has 1 aliphatic rings. The summed E-state index contributed by atoms with van der Waals surface area (Å²) in [5.74, 6) is 3.16. The number of fused-ring (bicyclic) bond motifs is 1. The van der Waals surface area contributed by atoms with Gasteiger partial charge in [-0.25, -0.2) is 0 Å². The van der Waals surface area contributed by atoms with E-state index in [1.54, 1.807) is 0 Å². The van der Waals surface area contributed by atoms with Crippen LogP contribution in [-0.2, 0) is 17.8 Å². The molecule has 0 aliphatic carbocycles. The fourth-order valence-corrected chi connectivity index (χ4v) is 4.24. The van der Waals surface area contributed by atoms with Gasteiger partial charge in [0.2, 0.25) is 5.91 Å². The summed E-state index contributed by atoms with van der Waals surface area (Å²) in [6, 6.07) is 15.6. The number of carbonyl (C=O) groups excluding carboxylic acids is 1. The van der Waals surface area contributed by atoms with E-state index in [1.165, 1.54) is 24.6 Å². The van der Waals surface area contributed by atoms with Crippen molar-refractivity contribution >= 4 is 23.4 Å². The molecule has 3 aromatic rings. The Morgan fingerprint density at radius 3 is 2.63 bits per heavy atom. The van der Waals surface area contributed by atoms with Gasteiger partial charge in [-0.2, -0.15) is 0 Å². The smallest absolute Gasteiger partial charge is 0.234 e. The van der Waals surface area contributed by atoms with Gasteiger partial charge in [0.25, 0.3) is 0 Å². The number of anilines is 1. The third-order valence-corrected chi connectivity index (χ3v) is 6.05. The maximum absolute atomic E-state index is 12.3. The van der Waals surface area contributed by atoms with Crippen molar-refractivity contribution in [3.8, 4) is 17.1 Å². The zero-order valence-corrected chi connectivity index (χ0v) is 18.0. The molecule has 30 heavy (non-hydrogen) atoms. The van der Waals surface area contributed by atoms with E-state index in [4.69, 9.17) is 4.74 Å². The van der Waals surface area contributed by atoms with Crippen molar-refractivity contribution in [1.29, 1.82) is 0 Å². The average molecular weight is 423 g/mol. The Labute approximate surface area is 181 Å². The van der Waals surface area contributed by atoms with Crippen LogP contribution >= 0.6 is 11.8 Å². The van der Waals surface area contributed by atoms with Crippen LogP contribution in [0.15, 0.2) is 53.4 Å². The highest BCUT2D eigenvalue weighted by Crippen LogP contribution is 2.25. The summed E-state index contributed by atoms with van der Waals surface area (Å²) in [6.45, 7) is 3.58. The molecule has 7 heteroatoms. The van der Waals surface area contributed by atoms with Crippen LogP contribution in [0, 0.1) is 0 Å². The number of nitrogens with zero attached hydrogens (tertiary/aromatic N) is 3. The first-order chi connectivity index (χ1) is 14.7. The Morgan fingerprint density at radius 1 is 1.07 bits per heavy atom. The van der Waals surface area contributed by atoms with Crippen molar-refractivity contribution in [2.45, 2.75) is 44.0 Å². The van der Waals surface area contributed by atoms with E-state index in [-0.39, 0.29) is 5.91 Å². The number of benzene rings is 2. The van der Waals surface area contributed by atoms with Gasteiger partial charge in [0.15, 0.2) is 5.82 Å². The molecule has 2 heterocycles. The number of thioether (sulfide) groups is 1. The fourth-order valence-electron chi connectivity index (χ4n) is 3.55. The summed E-state index contributed by atoms with van der Waals surface area (Å²) in [5.41, 5.74) is 1.81. The minimum atomic E-state index is -0.0296. The van der Waals surface area contributed by atoms with Crippen molar-refractivity contribution in [1.82, 2.24) is 14.8 Å². The molecule has 1 N–H and O–H groups in total. The minimum Gasteiger partial charge on any atom is -0.494 e. The maximum Gasteiger partial charge on any atom is 0.234 e. The van der Waals surface area contributed by atoms with E-state index < -0.39 is 0 Å². The Bertz CT molecular complexity index is 983. The maximum atomic E-state index is 12.3. The van der Waals surface area contributed by atoms with Gasteiger partial charge in [-0.1, -0.05) is 6.42 Å². The third-order valence-electron chi connectivity index (χ3n) is 5.04. The second kappa shape index (κ2) is 9.80. The first kappa shape index (κ1) is 20.5. The molecule has 0 bridgehead atoms. The van der Waals surface area contributed by atoms with Crippen molar-refractivity contribution in [2.75, 3.05) is 17.7 Å². The van der Waals surface area contributed by atoms with Crippen LogP contribution in [-0.4, -0.2) is 33.0 Å². The van der Waals surface area contributed by atoms with E-state index in [0.29, 0.717) is 12.4 Å². The first-order valence-corrected chi connectivity index (χ1v) is 11.4. The highest BCUT2D eigenvalue weighted by molar-refractivity contribution is 8.00. The number of hydrogen-bond acceptors (Lipinski definition) is 5. The van der Waals surface area contributed by atoms with Crippen molar-refractivity contribution in [2.24, 2.45) is 0 Å². The Hall–Kier alpha value is -2.80. The van der Waals surface area contributed by atoms with Gasteiger partial charge in [0.05, 0.1) is 12.4 Å². The number of aryl methyl sites for hydroxylation is 1. The molecule has 0 saturated carbocycles. The van der Waals surface area contributed by atoms with Gasteiger partial charge < -0.3 is 14.6 Å². The normalized spacial score (nSPS) is 13.4. The summed E-state index contributed by atoms with van der Waals surface area (Å²) < 4.78 is 7.67. The SMILES string of the molecule is CCOc1ccc(SCC(=O)Nc2ccc(-c3nnc4n3CCCCC4)cc2)cc1. The topological polar surface area (TPSA) is 69.0 Å². The number of nitrogens with one attached hydrogen (secondary N) is 1. The molecule has 4 rings (SSSR count). The lowest BCUT2D eigenvalue weighted by molar-refractivity contribution is -0.113. The number of aromatic nitrogens is 3. The Morgan fingerprint density at radius 2 is 1.87 bits per heavy atom. The zero-order chi connectivity index (χ0) is 20.8. The molecule has 0 saturated heterocycles. The van der Waals surface area contributed by atoms with Crippen LogP contribution in [0.1, 0.15) is 32.0 Å². The van der Waals surface area contributed by atoms with Gasteiger partial charge in [0.1, 0.15) is 11.6 Å². The molecule has 0 atom stereocenters. The van der Waals surface area contributed by atoms with Gasteiger partial charge >= 0.3 is 0 Å². The van der Waals surface area contributed by atoms with Crippen LogP contribution in [0.2, 0.25) is 0 Å². The van der Waals surface area contributed by atoms with E-state index in [2.05, 4.69) is 20.1 Å². The van der Waals surface area contributed by atoms with Crippen LogP contribution in [0.25, 0.3) is 11.4 Å². The number of rotatable bonds is 7. The molecular formula is C23H26N4O2S. The standard InChI is InChI=1S/C23H26N4O2S/c1-2-29-19-11-13-20(14-12-19)30-16-22(28)24-18-9-7-17(8-10-18)23-26-25-21-6-4-3-5-15-27(21)23/h7-14H,2-6,15-16H2,1H3,(H,24,28). The van der Waals surface area contributed by atoms with Gasteiger partial charge in [0, 0.05) is 29.1 Å². The van der Waals surface area contributed by atoms with Crippen LogP contribution < -0.4 is 10.1 Å². The highest BCUT2D eigenvalue weighted by Gasteiger charge is 2.16. The summed E-state index contributed by atoms with van der Waals surface area (Å²) in [5, 5.41) is 11.7. The highest BCUT2D eigenvalue weighted by atomic mass is 32.2. The summed E-state index contributed by atoms with van der Waals surface area (Å²) in [6.07, 6.45) is 4.57. The quantitative estimate of drug-likeness (QED) is 0.554. The van der Waals surface area contributed by atoms with Crippen molar-refractivity contribution in [3.05, 3.63) is 54.4 Å². The molecule has 0 spiro atoms. The summed E-state index contributed by atoms with van der Waals surface area (Å²) in [7, 11) is 0. The molecule has 6 nitrogen and oxygen atoms in total. The van der Waals surface area contributed by atoms with Gasteiger partial charge in [-0.05, 0) is 68.3 Å². The van der Waals surface area contributed by atoms with Crippen LogP contribution in [0.4, 0.5) is 5.69 Å². The molecule has 0 unspecified atom stereocenters. The number of ether oxygens (including phenoxy) is 1. The molecule has 1 amide bonds. The first-order valence-electron chi connectivity index (χ1n) is 10.4. The van der Waals surface area contributed by atoms with Crippen molar-refractivity contribution in [3.63, 3.8) is 0 Å². The minimum absolute atomic E-state index is 0.0296.